The largest absolute Gasteiger partial charge is 0.354 e. The number of benzene rings is 2. The molecule has 5 heteroatoms. The monoisotopic (exact) mass is 506 g/mol. The fourth-order valence-electron chi connectivity index (χ4n) is 5.69. The van der Waals surface area contributed by atoms with Crippen LogP contribution < -0.4 is 0 Å². The van der Waals surface area contributed by atoms with Gasteiger partial charge in [-0.15, -0.1) is 24.8 Å². The van der Waals surface area contributed by atoms with Gasteiger partial charge in [-0.25, -0.2) is 0 Å². The van der Waals surface area contributed by atoms with E-state index in [1.54, 1.807) is 0 Å². The third-order valence-corrected chi connectivity index (χ3v) is 7.69. The first-order valence-corrected chi connectivity index (χ1v) is 12.9. The average molecular weight is 508 g/mol. The number of fused-ring (bicyclic) bond motifs is 2. The summed E-state index contributed by atoms with van der Waals surface area (Å²) < 4.78 is 7.39. The van der Waals surface area contributed by atoms with Crippen LogP contribution in [0.1, 0.15) is 75.5 Å². The zero-order valence-electron chi connectivity index (χ0n) is 21.3. The fourth-order valence-corrected chi connectivity index (χ4v) is 5.69. The summed E-state index contributed by atoms with van der Waals surface area (Å²) in [5.41, 5.74) is 3.64. The number of likely N-dealkylation sites (tertiary alicyclic amines) is 1. The highest BCUT2D eigenvalue weighted by atomic mass is 35.5. The molecule has 2 aromatic carbocycles. The van der Waals surface area contributed by atoms with E-state index in [0.717, 1.165) is 38.9 Å². The summed E-state index contributed by atoms with van der Waals surface area (Å²) in [5.74, 6) is 0. The molecule has 0 aromatic heterocycles. The zero-order chi connectivity index (χ0) is 22.4. The summed E-state index contributed by atoms with van der Waals surface area (Å²) in [5, 5.41) is 0. The van der Waals surface area contributed by atoms with E-state index in [1.165, 1.54) is 55.5 Å². The van der Waals surface area contributed by atoms with Crippen molar-refractivity contribution in [2.45, 2.75) is 70.0 Å². The van der Waals surface area contributed by atoms with Crippen LogP contribution in [-0.4, -0.2) is 49.6 Å². The minimum Gasteiger partial charge on any atom is -0.354 e. The number of piperidine rings is 1. The van der Waals surface area contributed by atoms with Gasteiger partial charge in [-0.05, 0) is 68.9 Å². The van der Waals surface area contributed by atoms with Crippen molar-refractivity contribution in [2.24, 2.45) is 0 Å². The zero-order valence-corrected chi connectivity index (χ0v) is 22.9. The van der Waals surface area contributed by atoms with Crippen LogP contribution in [0.5, 0.6) is 0 Å². The predicted octanol–water partition coefficient (Wildman–Crippen LogP) is 7.02. The second-order valence-electron chi connectivity index (χ2n) is 9.94. The van der Waals surface area contributed by atoms with Crippen molar-refractivity contribution in [3.8, 4) is 0 Å². The van der Waals surface area contributed by atoms with Crippen molar-refractivity contribution in [1.82, 2.24) is 9.80 Å². The molecule has 0 radical (unpaired) electrons. The van der Waals surface area contributed by atoms with Gasteiger partial charge < -0.3 is 14.5 Å². The Bertz CT molecular complexity index is 846. The molecule has 4 rings (SSSR count). The highest BCUT2D eigenvalue weighted by Crippen LogP contribution is 2.56. The summed E-state index contributed by atoms with van der Waals surface area (Å²) in [6.07, 6.45) is 8.21. The van der Waals surface area contributed by atoms with Crippen LogP contribution in [0, 0.1) is 0 Å². The molecule has 1 fully saturated rings. The van der Waals surface area contributed by atoms with Crippen molar-refractivity contribution < 1.29 is 4.74 Å². The molecule has 2 aliphatic heterocycles. The van der Waals surface area contributed by atoms with Gasteiger partial charge in [-0.1, -0.05) is 81.3 Å². The minimum absolute atomic E-state index is 0. The van der Waals surface area contributed by atoms with Gasteiger partial charge in [0, 0.05) is 19.6 Å². The van der Waals surface area contributed by atoms with Crippen LogP contribution in [-0.2, 0) is 15.9 Å². The lowest BCUT2D eigenvalue weighted by molar-refractivity contribution is -0.150. The number of hydrogen-bond donors (Lipinski definition) is 0. The van der Waals surface area contributed by atoms with Gasteiger partial charge in [0.15, 0.2) is 0 Å². The number of hydrogen-bond acceptors (Lipinski definition) is 3. The third-order valence-electron chi connectivity index (χ3n) is 7.69. The van der Waals surface area contributed by atoms with Crippen molar-refractivity contribution >= 4 is 24.8 Å². The second kappa shape index (κ2) is 13.3. The summed E-state index contributed by atoms with van der Waals surface area (Å²) in [7, 11) is 2.23. The van der Waals surface area contributed by atoms with Gasteiger partial charge in [-0.3, -0.25) is 0 Å². The molecular weight excluding hydrogens is 463 g/mol. The summed E-state index contributed by atoms with van der Waals surface area (Å²) >= 11 is 0. The van der Waals surface area contributed by atoms with E-state index < -0.39 is 0 Å². The average Bonchev–Trinajstić information content (AvgIpc) is 3.12. The Hall–Kier alpha value is -1.10. The molecule has 1 spiro atoms. The van der Waals surface area contributed by atoms with Crippen LogP contribution in [0.4, 0.5) is 0 Å². The van der Waals surface area contributed by atoms with Gasteiger partial charge in [-0.2, -0.15) is 0 Å². The lowest BCUT2D eigenvalue weighted by Crippen LogP contribution is -2.43. The molecule has 3 nitrogen and oxygen atoms in total. The molecule has 0 N–H and O–H groups in total. The Kier molecular flexibility index (Phi) is 11.4. The lowest BCUT2D eigenvalue weighted by atomic mass is 9.79. The quantitative estimate of drug-likeness (QED) is 0.344. The predicted molar refractivity (Wildman–Crippen MR) is 149 cm³/mol. The highest BCUT2D eigenvalue weighted by molar-refractivity contribution is 5.85. The van der Waals surface area contributed by atoms with Gasteiger partial charge >= 0.3 is 0 Å². The standard InChI is InChI=1S/C29H42N2O.2ClH/c1-4-6-20-31(21-7-5-2)24-19-29(25-13-9-8-10-14-25)27-16-12-11-15-26(27)28(32-29)17-22-30(3)23-18-28;;/h8-16H,4-7,17-24H2,1-3H3;2*1H. The highest BCUT2D eigenvalue weighted by Gasteiger charge is 2.54. The van der Waals surface area contributed by atoms with Crippen molar-refractivity contribution in [2.75, 3.05) is 39.8 Å². The summed E-state index contributed by atoms with van der Waals surface area (Å²) in [6, 6.07) is 20.1. The van der Waals surface area contributed by atoms with Crippen molar-refractivity contribution in [3.05, 3.63) is 71.3 Å². The number of halogens is 2. The molecule has 2 heterocycles. The second-order valence-corrected chi connectivity index (χ2v) is 9.94. The van der Waals surface area contributed by atoms with Crippen LogP contribution in [0.3, 0.4) is 0 Å². The first kappa shape index (κ1) is 29.1. The van der Waals surface area contributed by atoms with E-state index in [0.29, 0.717) is 0 Å². The first-order chi connectivity index (χ1) is 15.6. The Labute approximate surface area is 220 Å². The minimum atomic E-state index is -0.357. The number of unbranched alkanes of at least 4 members (excludes halogenated alkanes) is 2. The molecule has 2 aromatic rings. The maximum Gasteiger partial charge on any atom is 0.121 e. The first-order valence-electron chi connectivity index (χ1n) is 12.9. The molecule has 190 valence electrons. The van der Waals surface area contributed by atoms with Gasteiger partial charge in [0.05, 0.1) is 5.60 Å². The van der Waals surface area contributed by atoms with Gasteiger partial charge in [0.25, 0.3) is 0 Å². The molecule has 0 aliphatic carbocycles. The lowest BCUT2D eigenvalue weighted by Gasteiger charge is -2.41. The Morgan fingerprint density at radius 1 is 0.794 bits per heavy atom. The molecular formula is C29H44Cl2N2O. The van der Waals surface area contributed by atoms with E-state index in [9.17, 15) is 0 Å². The SMILES string of the molecule is CCCCN(CCCC)CCC1(c2ccccc2)OC2(CCN(C)CC2)c2ccccc21.Cl.Cl. The molecule has 0 saturated carbocycles. The molecule has 1 saturated heterocycles. The number of nitrogens with zero attached hydrogens (tertiary/aromatic N) is 2. The van der Waals surface area contributed by atoms with Crippen molar-refractivity contribution in [1.29, 1.82) is 0 Å². The summed E-state index contributed by atoms with van der Waals surface area (Å²) in [6.45, 7) is 10.3. The molecule has 2 aliphatic rings. The third kappa shape index (κ3) is 5.99. The van der Waals surface area contributed by atoms with Crippen LogP contribution in [0.25, 0.3) is 0 Å². The Morgan fingerprint density at radius 3 is 1.94 bits per heavy atom. The van der Waals surface area contributed by atoms with E-state index in [1.807, 2.05) is 0 Å². The Morgan fingerprint density at radius 2 is 1.35 bits per heavy atom. The fraction of sp³-hybridized carbons (Fsp3) is 0.586. The molecule has 0 amide bonds. The van der Waals surface area contributed by atoms with Gasteiger partial charge in [0.2, 0.25) is 0 Å². The van der Waals surface area contributed by atoms with E-state index in [4.69, 9.17) is 4.74 Å². The van der Waals surface area contributed by atoms with Gasteiger partial charge in [0.1, 0.15) is 5.60 Å². The van der Waals surface area contributed by atoms with Crippen LogP contribution >= 0.6 is 24.8 Å². The number of rotatable bonds is 10. The molecule has 34 heavy (non-hydrogen) atoms. The number of ether oxygens (including phenoxy) is 1. The summed E-state index contributed by atoms with van der Waals surface area (Å²) in [4.78, 5) is 5.13. The van der Waals surface area contributed by atoms with E-state index in [-0.39, 0.29) is 36.0 Å². The van der Waals surface area contributed by atoms with Crippen molar-refractivity contribution in [3.63, 3.8) is 0 Å². The Balaban J connectivity index is 0.00000204. The molecule has 1 atom stereocenters. The maximum atomic E-state index is 7.39. The van der Waals surface area contributed by atoms with E-state index in [2.05, 4.69) is 85.3 Å². The normalized spacial score (nSPS) is 21.2. The maximum absolute atomic E-state index is 7.39. The topological polar surface area (TPSA) is 15.7 Å². The van der Waals surface area contributed by atoms with Crippen LogP contribution in [0.2, 0.25) is 0 Å². The molecule has 1 unspecified atom stereocenters. The van der Waals surface area contributed by atoms with Crippen LogP contribution in [0.15, 0.2) is 54.6 Å². The molecule has 0 bridgehead atoms. The smallest absolute Gasteiger partial charge is 0.121 e. The van der Waals surface area contributed by atoms with E-state index >= 15 is 0 Å².